The molecule has 32 heavy (non-hydrogen) atoms. The lowest BCUT2D eigenvalue weighted by Crippen LogP contribution is -2.31. The largest absolute Gasteiger partial charge is 0.503 e. The van der Waals surface area contributed by atoms with Crippen LogP contribution in [0.15, 0.2) is 47.7 Å². The Morgan fingerprint density at radius 1 is 1.06 bits per heavy atom. The Bertz CT molecular complexity index is 1050. The topological polar surface area (TPSA) is 85.3 Å². The van der Waals surface area contributed by atoms with Crippen molar-refractivity contribution in [3.05, 3.63) is 58.9 Å². The summed E-state index contributed by atoms with van der Waals surface area (Å²) in [6, 6.07) is 9.90. The first kappa shape index (κ1) is 23.2. The second-order valence-corrected chi connectivity index (χ2v) is 8.11. The van der Waals surface area contributed by atoms with Crippen molar-refractivity contribution in [1.82, 2.24) is 0 Å². The second kappa shape index (κ2) is 9.34. The van der Waals surface area contributed by atoms with Crippen LogP contribution >= 0.6 is 0 Å². The highest BCUT2D eigenvalue weighted by atomic mass is 16.5. The third-order valence-corrected chi connectivity index (χ3v) is 5.48. The van der Waals surface area contributed by atoms with Gasteiger partial charge in [-0.05, 0) is 42.2 Å². The highest BCUT2D eigenvalue weighted by molar-refractivity contribution is 6.16. The van der Waals surface area contributed by atoms with Gasteiger partial charge in [0.25, 0.3) is 5.91 Å². The van der Waals surface area contributed by atoms with E-state index in [2.05, 4.69) is 0 Å². The molecule has 1 heterocycles. The Morgan fingerprint density at radius 3 is 2.16 bits per heavy atom. The minimum atomic E-state index is -0.844. The fourth-order valence-electron chi connectivity index (χ4n) is 4.03. The number of rotatable bonds is 8. The number of nitrogens with zero attached hydrogens (tertiary/aromatic N) is 1. The van der Waals surface area contributed by atoms with E-state index in [1.165, 1.54) is 26.2 Å². The number of anilines is 1. The number of benzene rings is 2. The van der Waals surface area contributed by atoms with Crippen LogP contribution in [-0.4, -0.2) is 38.1 Å². The molecule has 0 aliphatic carbocycles. The molecule has 0 spiro atoms. The van der Waals surface area contributed by atoms with Gasteiger partial charge in [0.1, 0.15) is 0 Å². The fraction of sp³-hybridized carbons (Fsp3) is 0.360. The third kappa shape index (κ3) is 4.02. The number of aliphatic hydroxyl groups excluding tert-OH is 1. The van der Waals surface area contributed by atoms with E-state index < -0.39 is 17.7 Å². The smallest absolute Gasteiger partial charge is 0.294 e. The van der Waals surface area contributed by atoms with Crippen molar-refractivity contribution < 1.29 is 28.9 Å². The zero-order chi connectivity index (χ0) is 23.6. The Balaban J connectivity index is 2.28. The number of hydrogen-bond acceptors (Lipinski definition) is 6. The molecule has 0 radical (unpaired) electrons. The quantitative estimate of drug-likeness (QED) is 0.650. The SMILES string of the molecule is COc1cc(C2C(C(=O)CC(C)C)=C(O)C(=O)N2c2ccccc2C)cc(OC)c1OC. The van der Waals surface area contributed by atoms with E-state index >= 15 is 0 Å². The maximum Gasteiger partial charge on any atom is 0.294 e. The van der Waals surface area contributed by atoms with Crippen LogP contribution in [0, 0.1) is 12.8 Å². The van der Waals surface area contributed by atoms with E-state index in [1.807, 2.05) is 39.0 Å². The predicted molar refractivity (Wildman–Crippen MR) is 122 cm³/mol. The molecule has 170 valence electrons. The Morgan fingerprint density at radius 2 is 1.66 bits per heavy atom. The van der Waals surface area contributed by atoms with Gasteiger partial charge in [0, 0.05) is 12.1 Å². The van der Waals surface area contributed by atoms with Gasteiger partial charge in [-0.15, -0.1) is 0 Å². The Kier molecular flexibility index (Phi) is 6.77. The van der Waals surface area contributed by atoms with Crippen molar-refractivity contribution in [2.24, 2.45) is 5.92 Å². The number of aliphatic hydroxyl groups is 1. The summed E-state index contributed by atoms with van der Waals surface area (Å²) in [5.41, 5.74) is 2.08. The van der Waals surface area contributed by atoms with Gasteiger partial charge < -0.3 is 19.3 Å². The van der Waals surface area contributed by atoms with Gasteiger partial charge >= 0.3 is 0 Å². The number of amides is 1. The van der Waals surface area contributed by atoms with Gasteiger partial charge in [-0.25, -0.2) is 0 Å². The number of aryl methyl sites for hydroxylation is 1. The van der Waals surface area contributed by atoms with Crippen LogP contribution in [0.1, 0.15) is 37.4 Å². The van der Waals surface area contributed by atoms with Gasteiger partial charge in [0.15, 0.2) is 23.0 Å². The summed E-state index contributed by atoms with van der Waals surface area (Å²) < 4.78 is 16.4. The average Bonchev–Trinajstić information content (AvgIpc) is 3.03. The standard InChI is InChI=1S/C25H29NO6/c1-14(2)11-18(27)21-22(16-12-19(30-4)24(32-6)20(13-16)31-5)26(25(29)23(21)28)17-10-8-7-9-15(17)3/h7-10,12-14,22,28H,11H2,1-6H3. The lowest BCUT2D eigenvalue weighted by molar-refractivity contribution is -0.118. The molecule has 1 aliphatic rings. The van der Waals surface area contributed by atoms with Gasteiger partial charge in [-0.1, -0.05) is 32.0 Å². The number of methoxy groups -OCH3 is 3. The molecule has 7 nitrogen and oxygen atoms in total. The number of ether oxygens (including phenoxy) is 3. The summed E-state index contributed by atoms with van der Waals surface area (Å²) in [6.45, 7) is 5.71. The minimum absolute atomic E-state index is 0.0611. The zero-order valence-corrected chi connectivity index (χ0v) is 19.3. The zero-order valence-electron chi connectivity index (χ0n) is 19.3. The summed E-state index contributed by atoms with van der Waals surface area (Å²) in [7, 11) is 4.50. The first-order chi connectivity index (χ1) is 15.2. The van der Waals surface area contributed by atoms with Crippen LogP contribution in [0.4, 0.5) is 5.69 Å². The van der Waals surface area contributed by atoms with E-state index in [9.17, 15) is 14.7 Å². The minimum Gasteiger partial charge on any atom is -0.503 e. The van der Waals surface area contributed by atoms with Gasteiger partial charge in [-0.3, -0.25) is 14.5 Å². The number of hydrogen-bond donors (Lipinski definition) is 1. The lowest BCUT2D eigenvalue weighted by Gasteiger charge is -2.29. The van der Waals surface area contributed by atoms with Crippen molar-refractivity contribution in [3.8, 4) is 17.2 Å². The number of para-hydroxylation sites is 1. The molecule has 1 amide bonds. The molecule has 2 aromatic carbocycles. The summed E-state index contributed by atoms with van der Waals surface area (Å²) in [5.74, 6) is -0.189. The molecule has 0 saturated heterocycles. The number of carbonyl (C=O) groups is 2. The van der Waals surface area contributed by atoms with Crippen LogP contribution in [0.3, 0.4) is 0 Å². The first-order valence-electron chi connectivity index (χ1n) is 10.4. The molecule has 0 bridgehead atoms. The molecule has 7 heteroatoms. The van der Waals surface area contributed by atoms with E-state index in [0.29, 0.717) is 28.5 Å². The first-order valence-corrected chi connectivity index (χ1v) is 10.4. The molecule has 2 aromatic rings. The third-order valence-electron chi connectivity index (χ3n) is 5.48. The van der Waals surface area contributed by atoms with E-state index in [-0.39, 0.29) is 23.7 Å². The monoisotopic (exact) mass is 439 g/mol. The van der Waals surface area contributed by atoms with Crippen molar-refractivity contribution in [2.75, 3.05) is 26.2 Å². The molecule has 1 unspecified atom stereocenters. The van der Waals surface area contributed by atoms with E-state index in [1.54, 1.807) is 18.2 Å². The van der Waals surface area contributed by atoms with Crippen molar-refractivity contribution in [1.29, 1.82) is 0 Å². The predicted octanol–water partition coefficient (Wildman–Crippen LogP) is 4.54. The number of carbonyl (C=O) groups excluding carboxylic acids is 2. The molecule has 0 saturated carbocycles. The van der Waals surface area contributed by atoms with Crippen LogP contribution in [0.5, 0.6) is 17.2 Å². The summed E-state index contributed by atoms with van der Waals surface area (Å²) in [5, 5.41) is 10.8. The molecular formula is C25H29NO6. The van der Waals surface area contributed by atoms with Crippen LogP contribution in [0.2, 0.25) is 0 Å². The summed E-state index contributed by atoms with van der Waals surface area (Å²) in [6.07, 6.45) is 0.204. The molecule has 1 N–H and O–H groups in total. The van der Waals surface area contributed by atoms with Crippen LogP contribution < -0.4 is 19.1 Å². The maximum atomic E-state index is 13.3. The molecule has 1 aliphatic heterocycles. The highest BCUT2D eigenvalue weighted by Crippen LogP contribution is 2.47. The highest BCUT2D eigenvalue weighted by Gasteiger charge is 2.45. The number of ketones is 1. The molecule has 0 aromatic heterocycles. The molecule has 0 fully saturated rings. The fourth-order valence-corrected chi connectivity index (χ4v) is 4.03. The van der Waals surface area contributed by atoms with Crippen molar-refractivity contribution >= 4 is 17.4 Å². The van der Waals surface area contributed by atoms with Gasteiger partial charge in [0.2, 0.25) is 5.75 Å². The van der Waals surface area contributed by atoms with Gasteiger partial charge in [0.05, 0.1) is 32.9 Å². The van der Waals surface area contributed by atoms with Crippen LogP contribution in [0.25, 0.3) is 0 Å². The average molecular weight is 440 g/mol. The Labute approximate surface area is 188 Å². The molecular weight excluding hydrogens is 410 g/mol. The van der Waals surface area contributed by atoms with Crippen molar-refractivity contribution in [3.63, 3.8) is 0 Å². The van der Waals surface area contributed by atoms with Gasteiger partial charge in [-0.2, -0.15) is 0 Å². The maximum absolute atomic E-state index is 13.3. The van der Waals surface area contributed by atoms with Crippen molar-refractivity contribution in [2.45, 2.75) is 33.2 Å². The second-order valence-electron chi connectivity index (χ2n) is 8.11. The van der Waals surface area contributed by atoms with E-state index in [4.69, 9.17) is 14.2 Å². The molecule has 1 atom stereocenters. The lowest BCUT2D eigenvalue weighted by atomic mass is 9.91. The van der Waals surface area contributed by atoms with E-state index in [0.717, 1.165) is 5.56 Å². The normalized spacial score (nSPS) is 16.0. The summed E-state index contributed by atoms with van der Waals surface area (Å²) >= 11 is 0. The van der Waals surface area contributed by atoms with Crippen LogP contribution in [-0.2, 0) is 9.59 Å². The summed E-state index contributed by atoms with van der Waals surface area (Å²) in [4.78, 5) is 27.9. The number of Topliss-reactive ketones (excluding diaryl/α,β-unsaturated/α-hetero) is 1. The molecule has 3 rings (SSSR count). The Hall–Kier alpha value is -3.48.